The lowest BCUT2D eigenvalue weighted by Gasteiger charge is -2.12. The van der Waals surface area contributed by atoms with Crippen LogP contribution < -0.4 is 10.1 Å². The zero-order chi connectivity index (χ0) is 13.0. The quantitative estimate of drug-likeness (QED) is 0.699. The van der Waals surface area contributed by atoms with Crippen LogP contribution in [0.1, 0.15) is 38.2 Å². The number of unbranched alkanes of at least 4 members (excludes halogenated alkanes) is 1. The monoisotopic (exact) mass is 375 g/mol. The van der Waals surface area contributed by atoms with Crippen LogP contribution in [-0.4, -0.2) is 12.6 Å². The molecule has 0 aliphatic heterocycles. The van der Waals surface area contributed by atoms with E-state index in [1.807, 2.05) is 0 Å². The van der Waals surface area contributed by atoms with Crippen LogP contribution in [0.15, 0.2) is 21.1 Å². The topological polar surface area (TPSA) is 21.3 Å². The van der Waals surface area contributed by atoms with Gasteiger partial charge in [-0.15, -0.1) is 0 Å². The van der Waals surface area contributed by atoms with Crippen LogP contribution >= 0.6 is 31.9 Å². The normalized spacial score (nSPS) is 14.8. The number of halogens is 2. The van der Waals surface area contributed by atoms with Gasteiger partial charge in [-0.05, 0) is 68.8 Å². The van der Waals surface area contributed by atoms with E-state index in [1.165, 1.54) is 18.4 Å². The Balaban J connectivity index is 1.97. The Morgan fingerprint density at radius 1 is 1.28 bits per heavy atom. The highest BCUT2D eigenvalue weighted by atomic mass is 79.9. The van der Waals surface area contributed by atoms with Gasteiger partial charge in [0.25, 0.3) is 0 Å². The second-order valence-electron chi connectivity index (χ2n) is 4.75. The van der Waals surface area contributed by atoms with E-state index in [1.54, 1.807) is 0 Å². The zero-order valence-corrected chi connectivity index (χ0v) is 13.8. The van der Waals surface area contributed by atoms with Gasteiger partial charge in [0.15, 0.2) is 0 Å². The van der Waals surface area contributed by atoms with E-state index in [4.69, 9.17) is 4.74 Å². The maximum Gasteiger partial charge on any atom is 0.147 e. The predicted molar refractivity (Wildman–Crippen MR) is 82.1 cm³/mol. The molecule has 1 aromatic carbocycles. The molecule has 100 valence electrons. The lowest BCUT2D eigenvalue weighted by Crippen LogP contribution is -2.15. The molecular formula is C14H19Br2NO. The molecule has 1 fully saturated rings. The van der Waals surface area contributed by atoms with Gasteiger partial charge in [-0.25, -0.2) is 0 Å². The van der Waals surface area contributed by atoms with Crippen LogP contribution in [0.3, 0.4) is 0 Å². The number of hydrogen-bond donors (Lipinski definition) is 1. The fourth-order valence-electron chi connectivity index (χ4n) is 1.72. The molecule has 1 aromatic rings. The van der Waals surface area contributed by atoms with Crippen molar-refractivity contribution >= 4 is 31.9 Å². The van der Waals surface area contributed by atoms with Crippen LogP contribution in [0.4, 0.5) is 0 Å². The van der Waals surface area contributed by atoms with Crippen molar-refractivity contribution in [2.75, 3.05) is 6.61 Å². The first-order valence-corrected chi connectivity index (χ1v) is 8.13. The molecule has 0 spiro atoms. The second kappa shape index (κ2) is 6.92. The van der Waals surface area contributed by atoms with Crippen LogP contribution in [0.25, 0.3) is 0 Å². The summed E-state index contributed by atoms with van der Waals surface area (Å²) in [5, 5.41) is 3.52. The van der Waals surface area contributed by atoms with Gasteiger partial charge < -0.3 is 10.1 Å². The van der Waals surface area contributed by atoms with Crippen molar-refractivity contribution in [2.24, 2.45) is 0 Å². The van der Waals surface area contributed by atoms with Crippen molar-refractivity contribution in [2.45, 2.75) is 45.2 Å². The molecular weight excluding hydrogens is 358 g/mol. The van der Waals surface area contributed by atoms with Gasteiger partial charge in [0.2, 0.25) is 0 Å². The van der Waals surface area contributed by atoms with Gasteiger partial charge in [-0.2, -0.15) is 0 Å². The Hall–Kier alpha value is -0.0600. The summed E-state index contributed by atoms with van der Waals surface area (Å²) in [6.45, 7) is 3.87. The van der Waals surface area contributed by atoms with E-state index in [2.05, 4.69) is 56.2 Å². The SMILES string of the molecule is CCCCOc1c(Br)cc(CNC2CC2)cc1Br. The molecule has 2 nitrogen and oxygen atoms in total. The van der Waals surface area contributed by atoms with Crippen molar-refractivity contribution < 1.29 is 4.74 Å². The third-order valence-corrected chi connectivity index (χ3v) is 4.15. The Labute approximate surface area is 126 Å². The molecule has 18 heavy (non-hydrogen) atoms. The summed E-state index contributed by atoms with van der Waals surface area (Å²) in [5.74, 6) is 0.915. The maximum absolute atomic E-state index is 5.79. The minimum atomic E-state index is 0.739. The summed E-state index contributed by atoms with van der Waals surface area (Å²) in [5.41, 5.74) is 1.28. The molecule has 0 atom stereocenters. The number of benzene rings is 1. The number of rotatable bonds is 7. The first kappa shape index (κ1) is 14.4. The Morgan fingerprint density at radius 3 is 2.50 bits per heavy atom. The van der Waals surface area contributed by atoms with Gasteiger partial charge in [0.1, 0.15) is 5.75 Å². The molecule has 1 aliphatic carbocycles. The second-order valence-corrected chi connectivity index (χ2v) is 6.45. The molecule has 0 radical (unpaired) electrons. The molecule has 0 bridgehead atoms. The summed E-state index contributed by atoms with van der Waals surface area (Å²) in [6.07, 6.45) is 4.88. The van der Waals surface area contributed by atoms with Crippen LogP contribution in [0.2, 0.25) is 0 Å². The van der Waals surface area contributed by atoms with Crippen LogP contribution in [0, 0.1) is 0 Å². The molecule has 2 rings (SSSR count). The highest BCUT2D eigenvalue weighted by Gasteiger charge is 2.20. The molecule has 1 aliphatic rings. The minimum Gasteiger partial charge on any atom is -0.491 e. The predicted octanol–water partition coefficient (Wildman–Crippen LogP) is 4.64. The molecule has 0 heterocycles. The highest BCUT2D eigenvalue weighted by Crippen LogP contribution is 2.35. The largest absolute Gasteiger partial charge is 0.491 e. The molecule has 0 amide bonds. The third kappa shape index (κ3) is 4.25. The Kier molecular flexibility index (Phi) is 5.52. The van der Waals surface area contributed by atoms with Crippen molar-refractivity contribution in [1.82, 2.24) is 5.32 Å². The Morgan fingerprint density at radius 2 is 1.94 bits per heavy atom. The smallest absolute Gasteiger partial charge is 0.147 e. The van der Waals surface area contributed by atoms with Gasteiger partial charge in [-0.3, -0.25) is 0 Å². The van der Waals surface area contributed by atoms with E-state index in [9.17, 15) is 0 Å². The van der Waals surface area contributed by atoms with Crippen molar-refractivity contribution in [3.05, 3.63) is 26.6 Å². The fraction of sp³-hybridized carbons (Fsp3) is 0.571. The molecule has 1 saturated carbocycles. The fourth-order valence-corrected chi connectivity index (χ4v) is 3.23. The lowest BCUT2D eigenvalue weighted by molar-refractivity contribution is 0.305. The summed E-state index contributed by atoms with van der Waals surface area (Å²) in [4.78, 5) is 0. The average Bonchev–Trinajstić information content (AvgIpc) is 3.14. The van der Waals surface area contributed by atoms with E-state index >= 15 is 0 Å². The lowest BCUT2D eigenvalue weighted by atomic mass is 10.2. The maximum atomic E-state index is 5.79. The third-order valence-electron chi connectivity index (χ3n) is 2.97. The summed E-state index contributed by atoms with van der Waals surface area (Å²) in [7, 11) is 0. The van der Waals surface area contributed by atoms with Gasteiger partial charge in [-0.1, -0.05) is 13.3 Å². The first-order chi connectivity index (χ1) is 8.70. The molecule has 0 unspecified atom stereocenters. The molecule has 0 saturated heterocycles. The van der Waals surface area contributed by atoms with Crippen LogP contribution in [-0.2, 0) is 6.54 Å². The summed E-state index contributed by atoms with van der Waals surface area (Å²) in [6, 6.07) is 5.02. The average molecular weight is 377 g/mol. The first-order valence-electron chi connectivity index (χ1n) is 6.54. The van der Waals surface area contributed by atoms with Crippen molar-refractivity contribution in [3.8, 4) is 5.75 Å². The minimum absolute atomic E-state index is 0.739. The molecule has 4 heteroatoms. The van der Waals surface area contributed by atoms with Crippen LogP contribution in [0.5, 0.6) is 5.75 Å². The number of hydrogen-bond acceptors (Lipinski definition) is 2. The highest BCUT2D eigenvalue weighted by molar-refractivity contribution is 9.11. The van der Waals surface area contributed by atoms with Gasteiger partial charge >= 0.3 is 0 Å². The number of nitrogens with one attached hydrogen (secondary N) is 1. The van der Waals surface area contributed by atoms with E-state index in [0.717, 1.165) is 46.7 Å². The molecule has 0 aromatic heterocycles. The van der Waals surface area contributed by atoms with Crippen molar-refractivity contribution in [1.29, 1.82) is 0 Å². The zero-order valence-electron chi connectivity index (χ0n) is 10.6. The van der Waals surface area contributed by atoms with E-state index in [0.29, 0.717) is 0 Å². The standard InChI is InChI=1S/C14H19Br2NO/c1-2-3-6-18-14-12(15)7-10(8-13(14)16)9-17-11-4-5-11/h7-8,11,17H,2-6,9H2,1H3. The summed E-state index contributed by atoms with van der Waals surface area (Å²) < 4.78 is 7.84. The summed E-state index contributed by atoms with van der Waals surface area (Å²) >= 11 is 7.18. The number of ether oxygens (including phenoxy) is 1. The van der Waals surface area contributed by atoms with Crippen molar-refractivity contribution in [3.63, 3.8) is 0 Å². The Bertz CT molecular complexity index is 382. The van der Waals surface area contributed by atoms with E-state index in [-0.39, 0.29) is 0 Å². The van der Waals surface area contributed by atoms with Gasteiger partial charge in [0.05, 0.1) is 15.6 Å². The molecule has 1 N–H and O–H groups in total. The van der Waals surface area contributed by atoms with Gasteiger partial charge in [0, 0.05) is 12.6 Å². The van der Waals surface area contributed by atoms with E-state index < -0.39 is 0 Å².